The van der Waals surface area contributed by atoms with Crippen LogP contribution < -0.4 is 5.32 Å². The number of aromatic nitrogens is 1. The van der Waals surface area contributed by atoms with E-state index in [4.69, 9.17) is 0 Å². The van der Waals surface area contributed by atoms with Gasteiger partial charge in [0.15, 0.2) is 0 Å². The second-order valence-electron chi connectivity index (χ2n) is 5.46. The minimum absolute atomic E-state index is 0.0997. The van der Waals surface area contributed by atoms with Crippen LogP contribution in [-0.4, -0.2) is 63.9 Å². The van der Waals surface area contributed by atoms with Crippen molar-refractivity contribution < 1.29 is 9.59 Å². The van der Waals surface area contributed by atoms with Crippen LogP contribution in [0.15, 0.2) is 24.5 Å². The van der Waals surface area contributed by atoms with Gasteiger partial charge in [0.1, 0.15) is 6.04 Å². The molecule has 0 bridgehead atoms. The number of carbonyl (C=O) groups excluding carboxylic acids is 2. The SMILES string of the molecule is O=C(C1CCCN1C(=O)Nc1ccncc1)N1CCSCC1. The standard InChI is InChI=1S/C15H20N4O2S/c20-14(18-8-10-22-11-9-18)13-2-1-7-19(13)15(21)17-12-3-5-16-6-4-12/h3-6,13H,1-2,7-11H2,(H,16,17,21). The van der Waals surface area contributed by atoms with Crippen molar-refractivity contribution in [3.63, 3.8) is 0 Å². The second-order valence-corrected chi connectivity index (χ2v) is 6.68. The highest BCUT2D eigenvalue weighted by Gasteiger charge is 2.36. The van der Waals surface area contributed by atoms with Gasteiger partial charge >= 0.3 is 6.03 Å². The van der Waals surface area contributed by atoms with Gasteiger partial charge < -0.3 is 15.1 Å². The number of rotatable bonds is 2. The first-order valence-electron chi connectivity index (χ1n) is 7.60. The van der Waals surface area contributed by atoms with Gasteiger partial charge in [-0.25, -0.2) is 4.79 Å². The number of thioether (sulfide) groups is 1. The Bertz CT molecular complexity index is 534. The second kappa shape index (κ2) is 7.00. The van der Waals surface area contributed by atoms with E-state index in [-0.39, 0.29) is 18.0 Å². The Labute approximate surface area is 134 Å². The first-order chi connectivity index (χ1) is 10.8. The van der Waals surface area contributed by atoms with Gasteiger partial charge in [0.2, 0.25) is 5.91 Å². The van der Waals surface area contributed by atoms with Crippen LogP contribution in [0, 0.1) is 0 Å². The molecule has 7 heteroatoms. The fourth-order valence-electron chi connectivity index (χ4n) is 2.89. The van der Waals surface area contributed by atoms with Gasteiger partial charge in [-0.05, 0) is 25.0 Å². The fraction of sp³-hybridized carbons (Fsp3) is 0.533. The van der Waals surface area contributed by atoms with Crippen molar-refractivity contribution in [2.24, 2.45) is 0 Å². The van der Waals surface area contributed by atoms with Crippen LogP contribution in [0.3, 0.4) is 0 Å². The van der Waals surface area contributed by atoms with Crippen LogP contribution in [0.25, 0.3) is 0 Å². The molecule has 2 fully saturated rings. The number of nitrogens with one attached hydrogen (secondary N) is 1. The zero-order valence-electron chi connectivity index (χ0n) is 12.4. The fourth-order valence-corrected chi connectivity index (χ4v) is 3.79. The molecule has 1 atom stereocenters. The molecule has 2 saturated heterocycles. The van der Waals surface area contributed by atoms with Gasteiger partial charge in [0, 0.05) is 49.2 Å². The summed E-state index contributed by atoms with van der Waals surface area (Å²) in [4.78, 5) is 32.6. The van der Waals surface area contributed by atoms with Crippen LogP contribution in [0.1, 0.15) is 12.8 Å². The lowest BCUT2D eigenvalue weighted by molar-refractivity contribution is -0.134. The van der Waals surface area contributed by atoms with Crippen molar-refractivity contribution in [1.29, 1.82) is 0 Å². The number of pyridine rings is 1. The summed E-state index contributed by atoms with van der Waals surface area (Å²) in [5, 5.41) is 2.84. The third-order valence-corrected chi connectivity index (χ3v) is 5.00. The summed E-state index contributed by atoms with van der Waals surface area (Å²) in [7, 11) is 0. The number of anilines is 1. The molecule has 3 amide bonds. The first kappa shape index (κ1) is 15.1. The number of carbonyl (C=O) groups is 2. The molecule has 1 aromatic rings. The Morgan fingerprint density at radius 1 is 1.18 bits per heavy atom. The normalized spacial score (nSPS) is 21.7. The molecule has 118 valence electrons. The summed E-state index contributed by atoms with van der Waals surface area (Å²) in [6.45, 7) is 2.22. The van der Waals surface area contributed by atoms with E-state index in [9.17, 15) is 9.59 Å². The van der Waals surface area contributed by atoms with E-state index in [1.807, 2.05) is 16.7 Å². The topological polar surface area (TPSA) is 65.5 Å². The van der Waals surface area contributed by atoms with Gasteiger partial charge in [-0.3, -0.25) is 9.78 Å². The van der Waals surface area contributed by atoms with Gasteiger partial charge in [0.05, 0.1) is 0 Å². The summed E-state index contributed by atoms with van der Waals surface area (Å²) in [5.74, 6) is 2.08. The Morgan fingerprint density at radius 3 is 2.64 bits per heavy atom. The number of urea groups is 1. The average Bonchev–Trinajstić information content (AvgIpc) is 3.05. The maximum absolute atomic E-state index is 12.7. The Kier molecular flexibility index (Phi) is 4.82. The molecule has 1 N–H and O–H groups in total. The molecule has 22 heavy (non-hydrogen) atoms. The molecule has 3 rings (SSSR count). The molecule has 0 spiro atoms. The van der Waals surface area contributed by atoms with Gasteiger partial charge in [-0.15, -0.1) is 0 Å². The van der Waals surface area contributed by atoms with Crippen molar-refractivity contribution in [3.05, 3.63) is 24.5 Å². The molecular weight excluding hydrogens is 300 g/mol. The third-order valence-electron chi connectivity index (χ3n) is 4.05. The summed E-state index contributed by atoms with van der Waals surface area (Å²) in [6.07, 6.45) is 4.90. The Hall–Kier alpha value is -1.76. The molecule has 1 unspecified atom stereocenters. The summed E-state index contributed by atoms with van der Waals surface area (Å²) >= 11 is 1.87. The minimum atomic E-state index is -0.315. The van der Waals surface area contributed by atoms with Crippen molar-refractivity contribution in [2.75, 3.05) is 36.5 Å². The number of hydrogen-bond acceptors (Lipinski definition) is 4. The van der Waals surface area contributed by atoms with E-state index in [0.717, 1.165) is 37.4 Å². The van der Waals surface area contributed by atoms with E-state index in [1.165, 1.54) is 0 Å². The van der Waals surface area contributed by atoms with E-state index < -0.39 is 0 Å². The smallest absolute Gasteiger partial charge is 0.322 e. The Balaban J connectivity index is 1.64. The number of likely N-dealkylation sites (tertiary alicyclic amines) is 1. The van der Waals surface area contributed by atoms with E-state index in [0.29, 0.717) is 12.2 Å². The van der Waals surface area contributed by atoms with Gasteiger partial charge in [0.25, 0.3) is 0 Å². The molecule has 0 aromatic carbocycles. The molecule has 0 aliphatic carbocycles. The van der Waals surface area contributed by atoms with E-state index >= 15 is 0 Å². The van der Waals surface area contributed by atoms with E-state index in [1.54, 1.807) is 29.4 Å². The summed E-state index contributed by atoms with van der Waals surface area (Å²) in [6, 6.07) is 2.97. The van der Waals surface area contributed by atoms with Crippen LogP contribution in [-0.2, 0) is 4.79 Å². The summed E-state index contributed by atoms with van der Waals surface area (Å²) in [5.41, 5.74) is 0.701. The lowest BCUT2D eigenvalue weighted by Crippen LogP contribution is -2.51. The zero-order chi connectivity index (χ0) is 15.4. The molecule has 3 heterocycles. The first-order valence-corrected chi connectivity index (χ1v) is 8.75. The molecule has 6 nitrogen and oxygen atoms in total. The number of nitrogens with zero attached hydrogens (tertiary/aromatic N) is 3. The predicted octanol–water partition coefficient (Wildman–Crippen LogP) is 1.65. The van der Waals surface area contributed by atoms with Crippen LogP contribution in [0.5, 0.6) is 0 Å². The number of hydrogen-bond donors (Lipinski definition) is 1. The van der Waals surface area contributed by atoms with Crippen LogP contribution in [0.4, 0.5) is 10.5 Å². The average molecular weight is 320 g/mol. The van der Waals surface area contributed by atoms with Crippen molar-refractivity contribution in [2.45, 2.75) is 18.9 Å². The largest absolute Gasteiger partial charge is 0.339 e. The maximum Gasteiger partial charge on any atom is 0.322 e. The molecule has 2 aliphatic heterocycles. The van der Waals surface area contributed by atoms with Crippen LogP contribution in [0.2, 0.25) is 0 Å². The van der Waals surface area contributed by atoms with Crippen molar-refractivity contribution >= 4 is 29.4 Å². The molecule has 0 radical (unpaired) electrons. The molecular formula is C15H20N4O2S. The minimum Gasteiger partial charge on any atom is -0.339 e. The molecule has 0 saturated carbocycles. The maximum atomic E-state index is 12.7. The monoisotopic (exact) mass is 320 g/mol. The third kappa shape index (κ3) is 3.35. The summed E-state index contributed by atoms with van der Waals surface area (Å²) < 4.78 is 0. The highest BCUT2D eigenvalue weighted by atomic mass is 32.2. The van der Waals surface area contributed by atoms with Crippen molar-refractivity contribution in [1.82, 2.24) is 14.8 Å². The zero-order valence-corrected chi connectivity index (χ0v) is 13.2. The quantitative estimate of drug-likeness (QED) is 0.900. The van der Waals surface area contributed by atoms with Gasteiger partial charge in [-0.2, -0.15) is 11.8 Å². The molecule has 1 aromatic heterocycles. The van der Waals surface area contributed by atoms with Crippen LogP contribution >= 0.6 is 11.8 Å². The molecule has 2 aliphatic rings. The number of amides is 3. The van der Waals surface area contributed by atoms with Crippen molar-refractivity contribution in [3.8, 4) is 0 Å². The highest BCUT2D eigenvalue weighted by molar-refractivity contribution is 7.99. The lowest BCUT2D eigenvalue weighted by atomic mass is 10.2. The predicted molar refractivity (Wildman–Crippen MR) is 86.9 cm³/mol. The lowest BCUT2D eigenvalue weighted by Gasteiger charge is -2.32. The Morgan fingerprint density at radius 2 is 1.91 bits per heavy atom. The van der Waals surface area contributed by atoms with E-state index in [2.05, 4.69) is 10.3 Å². The van der Waals surface area contributed by atoms with Gasteiger partial charge in [-0.1, -0.05) is 0 Å². The highest BCUT2D eigenvalue weighted by Crippen LogP contribution is 2.22.